The van der Waals surface area contributed by atoms with E-state index in [0.717, 1.165) is 55.0 Å². The van der Waals surface area contributed by atoms with Crippen LogP contribution in [0.4, 0.5) is 10.2 Å². The van der Waals surface area contributed by atoms with Crippen LogP contribution in [-0.4, -0.2) is 88.5 Å². The molecule has 10 nitrogen and oxygen atoms in total. The Balaban J connectivity index is 1.06. The number of carbonyl (C=O) groups excluding carboxylic acids is 1. The summed E-state index contributed by atoms with van der Waals surface area (Å²) >= 11 is 0. The van der Waals surface area contributed by atoms with Crippen LogP contribution >= 0.6 is 0 Å². The zero-order chi connectivity index (χ0) is 31.0. The number of rotatable bonds is 10. The predicted octanol–water partition coefficient (Wildman–Crippen LogP) is 4.07. The van der Waals surface area contributed by atoms with E-state index in [2.05, 4.69) is 33.3 Å². The molecule has 1 saturated carbocycles. The molecule has 1 aromatic carbocycles. The number of allylic oxidation sites excluding steroid dienone is 1. The van der Waals surface area contributed by atoms with Gasteiger partial charge in [0, 0.05) is 46.0 Å². The number of nitrogens with one attached hydrogen (secondary N) is 1. The van der Waals surface area contributed by atoms with Crippen LogP contribution in [0.1, 0.15) is 55.1 Å². The number of halogens is 1. The van der Waals surface area contributed by atoms with E-state index >= 15 is 0 Å². The number of anilines is 1. The number of aromatic carboxylic acids is 1. The molecule has 6 rings (SSSR count). The maximum atomic E-state index is 13.8. The van der Waals surface area contributed by atoms with Crippen molar-refractivity contribution < 1.29 is 19.1 Å². The molecule has 1 aliphatic carbocycles. The molecule has 4 unspecified atom stereocenters. The Bertz CT molecular complexity index is 1520. The number of amides is 1. The summed E-state index contributed by atoms with van der Waals surface area (Å²) in [6.07, 6.45) is 6.48. The number of carbonyl (C=O) groups is 2. The van der Waals surface area contributed by atoms with Gasteiger partial charge in [0.05, 0.1) is 5.70 Å². The number of hydrogen-bond donors (Lipinski definition) is 2. The molecule has 11 heteroatoms. The van der Waals surface area contributed by atoms with Crippen LogP contribution in [0.2, 0.25) is 0 Å². The van der Waals surface area contributed by atoms with Crippen LogP contribution in [0.5, 0.6) is 0 Å². The van der Waals surface area contributed by atoms with Crippen LogP contribution in [0.3, 0.4) is 0 Å². The number of hydrogen-bond acceptors (Lipinski definition) is 8. The van der Waals surface area contributed by atoms with Gasteiger partial charge < -0.3 is 19.8 Å². The first kappa shape index (κ1) is 29.8. The number of hydrazine groups is 1. The lowest BCUT2D eigenvalue weighted by Gasteiger charge is -2.40. The summed E-state index contributed by atoms with van der Waals surface area (Å²) in [6.45, 7) is 7.49. The zero-order valence-corrected chi connectivity index (χ0v) is 25.5. The lowest BCUT2D eigenvalue weighted by Crippen LogP contribution is -2.49. The molecule has 4 heterocycles. The molecular formula is C33H40FN7O3. The van der Waals surface area contributed by atoms with Crippen LogP contribution in [0.15, 0.2) is 71.0 Å². The molecule has 0 bridgehead atoms. The van der Waals surface area contributed by atoms with Crippen LogP contribution in [0.25, 0.3) is 0 Å². The van der Waals surface area contributed by atoms with Crippen molar-refractivity contribution >= 4 is 23.5 Å². The highest BCUT2D eigenvalue weighted by molar-refractivity contribution is 6.03. The topological polar surface area (TPSA) is 105 Å². The van der Waals surface area contributed by atoms with Crippen molar-refractivity contribution in [3.63, 3.8) is 0 Å². The molecule has 232 valence electrons. The highest BCUT2D eigenvalue weighted by atomic mass is 19.1. The van der Waals surface area contributed by atoms with Crippen molar-refractivity contribution in [3.05, 3.63) is 83.1 Å². The summed E-state index contributed by atoms with van der Waals surface area (Å²) in [4.78, 5) is 40.2. The van der Waals surface area contributed by atoms with Gasteiger partial charge in [0.2, 0.25) is 0 Å². The summed E-state index contributed by atoms with van der Waals surface area (Å²) in [5, 5.41) is 11.2. The van der Waals surface area contributed by atoms with Crippen molar-refractivity contribution in [2.75, 3.05) is 44.7 Å². The number of fused-ring (bicyclic) bond motifs is 1. The number of carboxylic acid groups (broad SMARTS) is 1. The van der Waals surface area contributed by atoms with Crippen molar-refractivity contribution in [3.8, 4) is 0 Å². The summed E-state index contributed by atoms with van der Waals surface area (Å²) < 4.78 is 13.8. The van der Waals surface area contributed by atoms with Gasteiger partial charge in [-0.05, 0) is 92.3 Å². The van der Waals surface area contributed by atoms with E-state index in [1.165, 1.54) is 12.1 Å². The Morgan fingerprint density at radius 1 is 1.14 bits per heavy atom. The number of amidine groups is 1. The lowest BCUT2D eigenvalue weighted by molar-refractivity contribution is -0.134. The van der Waals surface area contributed by atoms with Gasteiger partial charge in [0.15, 0.2) is 11.9 Å². The van der Waals surface area contributed by atoms with Crippen molar-refractivity contribution in [1.82, 2.24) is 25.2 Å². The first-order valence-electron chi connectivity index (χ1n) is 15.4. The molecular weight excluding hydrogens is 561 g/mol. The third-order valence-corrected chi connectivity index (χ3v) is 9.33. The quantitative estimate of drug-likeness (QED) is 0.420. The monoisotopic (exact) mass is 601 g/mol. The number of benzene rings is 1. The van der Waals surface area contributed by atoms with Crippen LogP contribution in [0, 0.1) is 17.7 Å². The minimum absolute atomic E-state index is 0.0306. The molecule has 1 saturated heterocycles. The predicted molar refractivity (Wildman–Crippen MR) is 166 cm³/mol. The minimum atomic E-state index is -1.04. The number of likely N-dealkylation sites (N-methyl/N-ethyl adjacent to an activating group) is 2. The minimum Gasteiger partial charge on any atom is -0.477 e. The van der Waals surface area contributed by atoms with Crippen molar-refractivity contribution in [2.45, 2.75) is 45.2 Å². The van der Waals surface area contributed by atoms with Gasteiger partial charge in [-0.2, -0.15) is 5.43 Å². The molecule has 1 amide bonds. The Labute approximate surface area is 257 Å². The maximum absolute atomic E-state index is 13.8. The molecule has 4 atom stereocenters. The van der Waals surface area contributed by atoms with E-state index in [4.69, 9.17) is 4.99 Å². The van der Waals surface area contributed by atoms with Gasteiger partial charge in [0.1, 0.15) is 17.5 Å². The van der Waals surface area contributed by atoms with Crippen molar-refractivity contribution in [1.29, 1.82) is 0 Å². The SMILES string of the molecule is CCN(CC1CCN(c2cccc(C(=O)O)n2)C1)C(=O)C1N=C2C(C)=CC(N(C)CC3CCC3c3cccc(F)c3)=CN2N1. The summed E-state index contributed by atoms with van der Waals surface area (Å²) in [5.41, 5.74) is 6.42. The molecule has 0 radical (unpaired) electrons. The summed E-state index contributed by atoms with van der Waals surface area (Å²) in [5.74, 6) is 1.17. The van der Waals surface area contributed by atoms with E-state index in [0.29, 0.717) is 37.3 Å². The highest BCUT2D eigenvalue weighted by Gasteiger charge is 2.37. The molecule has 4 aliphatic rings. The van der Waals surface area contributed by atoms with E-state index in [1.807, 2.05) is 42.1 Å². The fourth-order valence-electron chi connectivity index (χ4n) is 6.76. The van der Waals surface area contributed by atoms with Gasteiger partial charge >= 0.3 is 5.97 Å². The van der Waals surface area contributed by atoms with E-state index < -0.39 is 12.1 Å². The highest BCUT2D eigenvalue weighted by Crippen LogP contribution is 2.43. The molecule has 0 spiro atoms. The van der Waals surface area contributed by atoms with Gasteiger partial charge in [0.25, 0.3) is 5.91 Å². The first-order valence-corrected chi connectivity index (χ1v) is 15.4. The molecule has 2 aromatic rings. The number of carboxylic acids is 1. The lowest BCUT2D eigenvalue weighted by atomic mass is 9.69. The average Bonchev–Trinajstić information content (AvgIpc) is 3.65. The van der Waals surface area contributed by atoms with E-state index in [9.17, 15) is 19.1 Å². The molecule has 1 aromatic heterocycles. The second-order valence-corrected chi connectivity index (χ2v) is 12.3. The van der Waals surface area contributed by atoms with Gasteiger partial charge in [-0.15, -0.1) is 0 Å². The second kappa shape index (κ2) is 12.4. The molecule has 3 aliphatic heterocycles. The van der Waals surface area contributed by atoms with E-state index in [-0.39, 0.29) is 23.3 Å². The fourth-order valence-corrected chi connectivity index (χ4v) is 6.76. The zero-order valence-electron chi connectivity index (χ0n) is 25.5. The van der Waals surface area contributed by atoms with Crippen LogP contribution in [-0.2, 0) is 4.79 Å². The van der Waals surface area contributed by atoms with E-state index in [1.54, 1.807) is 18.2 Å². The van der Waals surface area contributed by atoms with Crippen LogP contribution < -0.4 is 10.3 Å². The summed E-state index contributed by atoms with van der Waals surface area (Å²) in [6, 6.07) is 12.0. The number of aliphatic imine (C=N–C) groups is 1. The van der Waals surface area contributed by atoms with Gasteiger partial charge in [-0.1, -0.05) is 18.2 Å². The normalized spacial score (nSPS) is 24.2. The number of pyridine rings is 1. The fraction of sp³-hybridized carbons (Fsp3) is 0.455. The Kier molecular flexibility index (Phi) is 8.40. The second-order valence-electron chi connectivity index (χ2n) is 12.3. The van der Waals surface area contributed by atoms with Crippen molar-refractivity contribution in [2.24, 2.45) is 16.8 Å². The molecule has 2 fully saturated rings. The maximum Gasteiger partial charge on any atom is 0.354 e. The summed E-state index contributed by atoms with van der Waals surface area (Å²) in [7, 11) is 2.08. The Hall–Kier alpha value is -4.25. The standard InChI is InChI=1S/C33H40FN7O3/c1-4-39(17-22-13-14-40(18-22)29-10-6-9-28(35-29)33(43)44)32(42)30-36-31-21(2)15-26(20-41(31)37-30)38(3)19-24-11-12-27(24)23-7-5-8-25(34)16-23/h5-10,15-16,20,22,24,27,30,37H,4,11-14,17-19H2,1-3H3,(H,43,44). The Morgan fingerprint density at radius 3 is 2.68 bits per heavy atom. The molecule has 2 N–H and O–H groups in total. The van der Waals surface area contributed by atoms with Gasteiger partial charge in [-0.3, -0.25) is 9.80 Å². The Morgan fingerprint density at radius 2 is 1.95 bits per heavy atom. The smallest absolute Gasteiger partial charge is 0.354 e. The largest absolute Gasteiger partial charge is 0.477 e. The molecule has 44 heavy (non-hydrogen) atoms. The third-order valence-electron chi connectivity index (χ3n) is 9.33. The van der Waals surface area contributed by atoms with Gasteiger partial charge in [-0.25, -0.2) is 19.2 Å². The first-order chi connectivity index (χ1) is 21.2. The third kappa shape index (κ3) is 6.06. The number of nitrogens with zero attached hydrogens (tertiary/aromatic N) is 6. The average molecular weight is 602 g/mol. The number of aromatic nitrogens is 1.